The van der Waals surface area contributed by atoms with E-state index in [2.05, 4.69) is 32.5 Å². The Labute approximate surface area is 82.5 Å². The maximum atomic E-state index is 5.48. The normalized spacial score (nSPS) is 12.0. The van der Waals surface area contributed by atoms with Crippen LogP contribution in [0.2, 0.25) is 18.1 Å². The Balaban J connectivity index is 3.76. The molecule has 0 aliphatic heterocycles. The zero-order valence-corrected chi connectivity index (χ0v) is 10.5. The standard InChI is InChI=1S/C9H23NSSi/c1-4-12(5-2,6-3)9-11-8-7-10/h4-10H2,1-3H3. The van der Waals surface area contributed by atoms with E-state index in [0.29, 0.717) is 0 Å². The van der Waals surface area contributed by atoms with Gasteiger partial charge < -0.3 is 5.73 Å². The van der Waals surface area contributed by atoms with Crippen LogP contribution in [0.4, 0.5) is 0 Å². The molecule has 0 amide bonds. The molecular formula is C9H23NSSi. The molecule has 0 heterocycles. The summed E-state index contributed by atoms with van der Waals surface area (Å²) in [6.45, 7) is 7.93. The Hall–Kier alpha value is 0.527. The van der Waals surface area contributed by atoms with Crippen LogP contribution in [-0.2, 0) is 0 Å². The highest BCUT2D eigenvalue weighted by molar-refractivity contribution is 8.00. The Morgan fingerprint density at radius 3 is 1.92 bits per heavy atom. The smallest absolute Gasteiger partial charge is 0.0631 e. The summed E-state index contributed by atoms with van der Waals surface area (Å²) in [6.07, 6.45) is 0. The van der Waals surface area contributed by atoms with Crippen molar-refractivity contribution in [1.29, 1.82) is 0 Å². The molecule has 0 aliphatic rings. The average Bonchev–Trinajstić information content (AvgIpc) is 2.14. The van der Waals surface area contributed by atoms with E-state index in [1.165, 1.54) is 23.5 Å². The van der Waals surface area contributed by atoms with Gasteiger partial charge >= 0.3 is 0 Å². The average molecular weight is 205 g/mol. The van der Waals surface area contributed by atoms with Crippen LogP contribution >= 0.6 is 11.8 Å². The van der Waals surface area contributed by atoms with Crippen LogP contribution < -0.4 is 5.73 Å². The second-order valence-electron chi connectivity index (χ2n) is 3.40. The number of nitrogens with two attached hydrogens (primary N) is 1. The molecule has 0 rings (SSSR count). The number of thioether (sulfide) groups is 1. The molecule has 0 aliphatic carbocycles. The van der Waals surface area contributed by atoms with Crippen LogP contribution in [0.1, 0.15) is 20.8 Å². The minimum Gasteiger partial charge on any atom is -0.330 e. The third-order valence-corrected chi connectivity index (χ3v) is 11.2. The van der Waals surface area contributed by atoms with Gasteiger partial charge in [0.15, 0.2) is 0 Å². The molecule has 2 N–H and O–H groups in total. The zero-order valence-electron chi connectivity index (χ0n) is 8.73. The fraction of sp³-hybridized carbons (Fsp3) is 1.00. The third kappa shape index (κ3) is 3.96. The summed E-state index contributed by atoms with van der Waals surface area (Å²) >= 11 is 2.07. The SMILES string of the molecule is CC[Si](CC)(CC)CSCCN. The topological polar surface area (TPSA) is 26.0 Å². The van der Waals surface area contributed by atoms with E-state index in [4.69, 9.17) is 5.73 Å². The molecule has 0 saturated carbocycles. The molecule has 0 saturated heterocycles. The summed E-state index contributed by atoms with van der Waals surface area (Å²) in [5.74, 6) is 1.15. The molecule has 0 aromatic heterocycles. The Morgan fingerprint density at radius 2 is 1.58 bits per heavy atom. The lowest BCUT2D eigenvalue weighted by Gasteiger charge is -2.27. The van der Waals surface area contributed by atoms with Crippen LogP contribution in [0.25, 0.3) is 0 Å². The highest BCUT2D eigenvalue weighted by atomic mass is 32.2. The summed E-state index contributed by atoms with van der Waals surface area (Å²) in [6, 6.07) is 4.33. The first-order valence-electron chi connectivity index (χ1n) is 5.02. The first kappa shape index (κ1) is 12.5. The van der Waals surface area contributed by atoms with Crippen LogP contribution in [0.15, 0.2) is 0 Å². The minimum atomic E-state index is -0.847. The van der Waals surface area contributed by atoms with Gasteiger partial charge in [-0.25, -0.2) is 0 Å². The third-order valence-electron chi connectivity index (χ3n) is 2.92. The summed E-state index contributed by atoms with van der Waals surface area (Å²) in [5, 5.41) is 1.42. The van der Waals surface area contributed by atoms with Gasteiger partial charge in [0.1, 0.15) is 0 Å². The molecule has 1 nitrogen and oxygen atoms in total. The van der Waals surface area contributed by atoms with E-state index in [1.807, 2.05) is 0 Å². The lowest BCUT2D eigenvalue weighted by atomic mass is 10.8. The van der Waals surface area contributed by atoms with Crippen molar-refractivity contribution in [3.63, 3.8) is 0 Å². The monoisotopic (exact) mass is 205 g/mol. The summed E-state index contributed by atoms with van der Waals surface area (Å²) in [7, 11) is -0.847. The molecule has 0 aromatic rings. The van der Waals surface area contributed by atoms with Crippen molar-refractivity contribution >= 4 is 19.8 Å². The maximum absolute atomic E-state index is 5.48. The predicted molar refractivity (Wildman–Crippen MR) is 63.6 cm³/mol. The number of hydrogen-bond donors (Lipinski definition) is 1. The van der Waals surface area contributed by atoms with Crippen LogP contribution in [0.5, 0.6) is 0 Å². The van der Waals surface area contributed by atoms with Crippen LogP contribution in [0, 0.1) is 0 Å². The van der Waals surface area contributed by atoms with Gasteiger partial charge in [0.25, 0.3) is 0 Å². The lowest BCUT2D eigenvalue weighted by molar-refractivity contribution is 1.14. The highest BCUT2D eigenvalue weighted by Gasteiger charge is 2.25. The molecule has 12 heavy (non-hydrogen) atoms. The van der Waals surface area contributed by atoms with Crippen molar-refractivity contribution in [2.45, 2.75) is 38.9 Å². The van der Waals surface area contributed by atoms with E-state index in [0.717, 1.165) is 12.3 Å². The summed E-state index contributed by atoms with van der Waals surface area (Å²) in [5.41, 5.74) is 5.48. The molecule has 0 bridgehead atoms. The van der Waals surface area contributed by atoms with E-state index in [1.54, 1.807) is 0 Å². The number of hydrogen-bond acceptors (Lipinski definition) is 2. The Kier molecular flexibility index (Phi) is 7.29. The van der Waals surface area contributed by atoms with Gasteiger partial charge in [-0.05, 0) is 5.38 Å². The van der Waals surface area contributed by atoms with Crippen molar-refractivity contribution in [3.05, 3.63) is 0 Å². The first-order chi connectivity index (χ1) is 5.74. The quantitative estimate of drug-likeness (QED) is 0.511. The fourth-order valence-corrected chi connectivity index (χ4v) is 7.85. The molecule has 74 valence electrons. The maximum Gasteiger partial charge on any atom is 0.0631 e. The molecule has 0 aromatic carbocycles. The largest absolute Gasteiger partial charge is 0.330 e. The second kappa shape index (κ2) is 6.98. The second-order valence-corrected chi connectivity index (χ2v) is 10.5. The molecule has 0 unspecified atom stereocenters. The van der Waals surface area contributed by atoms with Crippen LogP contribution in [-0.4, -0.2) is 25.7 Å². The first-order valence-corrected chi connectivity index (χ1v) is 9.00. The van der Waals surface area contributed by atoms with E-state index < -0.39 is 8.07 Å². The van der Waals surface area contributed by atoms with E-state index >= 15 is 0 Å². The molecule has 0 fully saturated rings. The lowest BCUT2D eigenvalue weighted by Crippen LogP contribution is -2.35. The number of rotatable bonds is 7. The summed E-state index contributed by atoms with van der Waals surface area (Å²) < 4.78 is 0. The zero-order chi connectivity index (χ0) is 9.45. The van der Waals surface area contributed by atoms with Gasteiger partial charge in [0.05, 0.1) is 8.07 Å². The van der Waals surface area contributed by atoms with Crippen molar-refractivity contribution in [3.8, 4) is 0 Å². The van der Waals surface area contributed by atoms with Crippen molar-refractivity contribution in [2.75, 3.05) is 17.7 Å². The van der Waals surface area contributed by atoms with Gasteiger partial charge in [-0.1, -0.05) is 38.9 Å². The minimum absolute atomic E-state index is 0.840. The van der Waals surface area contributed by atoms with Gasteiger partial charge in [-0.2, -0.15) is 11.8 Å². The summed E-state index contributed by atoms with van der Waals surface area (Å²) in [4.78, 5) is 0. The van der Waals surface area contributed by atoms with Gasteiger partial charge in [-0.3, -0.25) is 0 Å². The van der Waals surface area contributed by atoms with Crippen molar-refractivity contribution in [2.24, 2.45) is 5.73 Å². The Morgan fingerprint density at radius 1 is 1.08 bits per heavy atom. The van der Waals surface area contributed by atoms with Gasteiger partial charge in [-0.15, -0.1) is 0 Å². The van der Waals surface area contributed by atoms with Crippen molar-refractivity contribution < 1.29 is 0 Å². The molecule has 0 spiro atoms. The van der Waals surface area contributed by atoms with Gasteiger partial charge in [0.2, 0.25) is 0 Å². The molecule has 0 atom stereocenters. The fourth-order valence-electron chi connectivity index (χ4n) is 1.43. The Bertz CT molecular complexity index is 96.4. The highest BCUT2D eigenvalue weighted by Crippen LogP contribution is 2.24. The molecule has 0 radical (unpaired) electrons. The van der Waals surface area contributed by atoms with Gasteiger partial charge in [0, 0.05) is 12.3 Å². The molecule has 3 heteroatoms. The molecular weight excluding hydrogens is 182 g/mol. The predicted octanol–water partition coefficient (Wildman–Crippen LogP) is 2.73. The van der Waals surface area contributed by atoms with Crippen LogP contribution in [0.3, 0.4) is 0 Å². The van der Waals surface area contributed by atoms with E-state index in [-0.39, 0.29) is 0 Å². The van der Waals surface area contributed by atoms with E-state index in [9.17, 15) is 0 Å². The van der Waals surface area contributed by atoms with Crippen molar-refractivity contribution in [1.82, 2.24) is 0 Å².